The van der Waals surface area contributed by atoms with Gasteiger partial charge in [0, 0.05) is 19.1 Å². The minimum atomic E-state index is 0.541. The maximum Gasteiger partial charge on any atom is 0.0995 e. The van der Waals surface area contributed by atoms with Gasteiger partial charge >= 0.3 is 0 Å². The smallest absolute Gasteiger partial charge is 0.0995 e. The van der Waals surface area contributed by atoms with Gasteiger partial charge in [-0.1, -0.05) is 44.9 Å². The molecule has 0 amide bonds. The summed E-state index contributed by atoms with van der Waals surface area (Å²) < 4.78 is 0. The third-order valence-corrected chi connectivity index (χ3v) is 4.06. The number of nitrogens with one attached hydrogen (secondary N) is 1. The SMILES string of the molecule is CCC(CC)C(CNCc1ccccc1C#N)N(C)C. The number of benzene rings is 1. The highest BCUT2D eigenvalue weighted by Gasteiger charge is 2.20. The van der Waals surface area contributed by atoms with Gasteiger partial charge in [0.05, 0.1) is 11.6 Å². The Morgan fingerprint density at radius 1 is 1.20 bits per heavy atom. The van der Waals surface area contributed by atoms with Crippen LogP contribution in [0.4, 0.5) is 0 Å². The molecule has 1 aromatic rings. The molecule has 0 aromatic heterocycles. The van der Waals surface area contributed by atoms with Crippen LogP contribution in [0.1, 0.15) is 37.8 Å². The van der Waals surface area contributed by atoms with E-state index in [0.717, 1.165) is 24.2 Å². The molecule has 1 unspecified atom stereocenters. The molecule has 110 valence electrons. The second kappa shape index (κ2) is 8.73. The molecule has 0 fully saturated rings. The molecular weight excluding hydrogens is 246 g/mol. The van der Waals surface area contributed by atoms with Gasteiger partial charge < -0.3 is 10.2 Å². The average molecular weight is 273 g/mol. The summed E-state index contributed by atoms with van der Waals surface area (Å²) in [5, 5.41) is 12.6. The highest BCUT2D eigenvalue weighted by atomic mass is 15.1. The lowest BCUT2D eigenvalue weighted by molar-refractivity contribution is 0.194. The van der Waals surface area contributed by atoms with E-state index in [-0.39, 0.29) is 0 Å². The van der Waals surface area contributed by atoms with Crippen molar-refractivity contribution in [3.63, 3.8) is 0 Å². The summed E-state index contributed by atoms with van der Waals surface area (Å²) >= 11 is 0. The van der Waals surface area contributed by atoms with Crippen LogP contribution in [0, 0.1) is 17.2 Å². The number of nitriles is 1. The quantitative estimate of drug-likeness (QED) is 0.791. The van der Waals surface area contributed by atoms with E-state index < -0.39 is 0 Å². The van der Waals surface area contributed by atoms with Crippen molar-refractivity contribution in [3.8, 4) is 6.07 Å². The predicted molar refractivity (Wildman–Crippen MR) is 84.4 cm³/mol. The van der Waals surface area contributed by atoms with E-state index in [1.54, 1.807) is 0 Å². The van der Waals surface area contributed by atoms with Crippen molar-refractivity contribution in [3.05, 3.63) is 35.4 Å². The maximum absolute atomic E-state index is 9.09. The summed E-state index contributed by atoms with van der Waals surface area (Å²) in [6, 6.07) is 10.6. The minimum absolute atomic E-state index is 0.541. The van der Waals surface area contributed by atoms with Gasteiger partial charge in [-0.05, 0) is 31.6 Å². The first-order valence-corrected chi connectivity index (χ1v) is 7.49. The van der Waals surface area contributed by atoms with Crippen LogP contribution in [0.5, 0.6) is 0 Å². The van der Waals surface area contributed by atoms with Crippen LogP contribution in [0.3, 0.4) is 0 Å². The van der Waals surface area contributed by atoms with Gasteiger partial charge in [-0.2, -0.15) is 5.26 Å². The van der Waals surface area contributed by atoms with Crippen LogP contribution < -0.4 is 5.32 Å². The van der Waals surface area contributed by atoms with Gasteiger partial charge in [-0.25, -0.2) is 0 Å². The summed E-state index contributed by atoms with van der Waals surface area (Å²) in [6.45, 7) is 6.23. The van der Waals surface area contributed by atoms with Crippen molar-refractivity contribution in [2.45, 2.75) is 39.3 Å². The number of likely N-dealkylation sites (N-methyl/N-ethyl adjacent to an activating group) is 1. The first-order valence-electron chi connectivity index (χ1n) is 7.49. The molecule has 0 spiro atoms. The zero-order chi connectivity index (χ0) is 15.0. The highest BCUT2D eigenvalue weighted by Crippen LogP contribution is 2.16. The van der Waals surface area contributed by atoms with Crippen LogP contribution in [0.15, 0.2) is 24.3 Å². The first kappa shape index (κ1) is 16.7. The van der Waals surface area contributed by atoms with Gasteiger partial charge in [-0.3, -0.25) is 0 Å². The third-order valence-electron chi connectivity index (χ3n) is 4.06. The standard InChI is InChI=1S/C17H27N3/c1-5-14(6-2)17(20(3)4)13-19-12-16-10-8-7-9-15(16)11-18/h7-10,14,17,19H,5-6,12-13H2,1-4H3. The molecule has 3 heteroatoms. The molecule has 1 atom stereocenters. The number of hydrogen-bond acceptors (Lipinski definition) is 3. The summed E-state index contributed by atoms with van der Waals surface area (Å²) in [7, 11) is 4.29. The van der Waals surface area contributed by atoms with Gasteiger partial charge in [0.1, 0.15) is 0 Å². The summed E-state index contributed by atoms with van der Waals surface area (Å²) in [4.78, 5) is 2.31. The molecule has 1 aromatic carbocycles. The maximum atomic E-state index is 9.09. The largest absolute Gasteiger partial charge is 0.311 e. The second-order valence-corrected chi connectivity index (χ2v) is 5.51. The Bertz CT molecular complexity index is 430. The van der Waals surface area contributed by atoms with Crippen molar-refractivity contribution in [2.24, 2.45) is 5.92 Å². The van der Waals surface area contributed by atoms with Crippen molar-refractivity contribution in [1.82, 2.24) is 10.2 Å². The fourth-order valence-electron chi connectivity index (χ4n) is 2.74. The molecule has 20 heavy (non-hydrogen) atoms. The molecule has 0 heterocycles. The lowest BCUT2D eigenvalue weighted by Crippen LogP contribution is -2.42. The van der Waals surface area contributed by atoms with Crippen molar-refractivity contribution in [2.75, 3.05) is 20.6 Å². The zero-order valence-electron chi connectivity index (χ0n) is 13.2. The Labute approximate surface area is 123 Å². The zero-order valence-corrected chi connectivity index (χ0v) is 13.2. The normalized spacial score (nSPS) is 12.7. The number of hydrogen-bond donors (Lipinski definition) is 1. The lowest BCUT2D eigenvalue weighted by Gasteiger charge is -2.31. The molecular formula is C17H27N3. The van der Waals surface area contributed by atoms with E-state index >= 15 is 0 Å². The van der Waals surface area contributed by atoms with Gasteiger partial charge in [0.15, 0.2) is 0 Å². The summed E-state index contributed by atoms with van der Waals surface area (Å²) in [6.07, 6.45) is 2.41. The molecule has 0 saturated heterocycles. The second-order valence-electron chi connectivity index (χ2n) is 5.51. The molecule has 0 aliphatic heterocycles. The van der Waals surface area contributed by atoms with Gasteiger partial charge in [0.2, 0.25) is 0 Å². The lowest BCUT2D eigenvalue weighted by atomic mass is 9.93. The fourth-order valence-corrected chi connectivity index (χ4v) is 2.74. The van der Waals surface area contributed by atoms with Crippen molar-refractivity contribution >= 4 is 0 Å². The van der Waals surface area contributed by atoms with Gasteiger partial charge in [-0.15, -0.1) is 0 Å². The fraction of sp³-hybridized carbons (Fsp3) is 0.588. The van der Waals surface area contributed by atoms with Crippen molar-refractivity contribution in [1.29, 1.82) is 5.26 Å². The van der Waals surface area contributed by atoms with E-state index in [1.807, 2.05) is 24.3 Å². The van der Waals surface area contributed by atoms with Crippen LogP contribution in [0.25, 0.3) is 0 Å². The molecule has 0 aliphatic carbocycles. The summed E-state index contributed by atoms with van der Waals surface area (Å²) in [5.74, 6) is 0.712. The van der Waals surface area contributed by atoms with E-state index in [0.29, 0.717) is 12.0 Å². The third kappa shape index (κ3) is 4.63. The highest BCUT2D eigenvalue weighted by molar-refractivity contribution is 5.37. The van der Waals surface area contributed by atoms with Crippen molar-refractivity contribution < 1.29 is 0 Å². The van der Waals surface area contributed by atoms with E-state index in [4.69, 9.17) is 5.26 Å². The molecule has 0 aliphatic rings. The number of rotatable bonds is 8. The molecule has 0 saturated carbocycles. The predicted octanol–water partition coefficient (Wildman–Crippen LogP) is 3.01. The molecule has 0 bridgehead atoms. The van der Waals surface area contributed by atoms with Crippen LogP contribution in [0.2, 0.25) is 0 Å². The first-order chi connectivity index (χ1) is 9.63. The Hall–Kier alpha value is -1.37. The van der Waals surface area contributed by atoms with E-state index in [9.17, 15) is 0 Å². The monoisotopic (exact) mass is 273 g/mol. The Morgan fingerprint density at radius 3 is 2.40 bits per heavy atom. The topological polar surface area (TPSA) is 39.1 Å². The minimum Gasteiger partial charge on any atom is -0.311 e. The van der Waals surface area contributed by atoms with Gasteiger partial charge in [0.25, 0.3) is 0 Å². The summed E-state index contributed by atoms with van der Waals surface area (Å²) in [5.41, 5.74) is 1.85. The van der Waals surface area contributed by atoms with Crippen LogP contribution >= 0.6 is 0 Å². The van der Waals surface area contributed by atoms with Crippen LogP contribution in [-0.4, -0.2) is 31.6 Å². The molecule has 1 rings (SSSR count). The Morgan fingerprint density at radius 2 is 1.85 bits per heavy atom. The van der Waals surface area contributed by atoms with E-state index in [2.05, 4.69) is 44.2 Å². The van der Waals surface area contributed by atoms with Crippen LogP contribution in [-0.2, 0) is 6.54 Å². The molecule has 1 N–H and O–H groups in total. The number of nitrogens with zero attached hydrogens (tertiary/aromatic N) is 2. The Kier molecular flexibility index (Phi) is 7.28. The molecule has 0 radical (unpaired) electrons. The Balaban J connectivity index is 2.59. The average Bonchev–Trinajstić information content (AvgIpc) is 2.46. The van der Waals surface area contributed by atoms with E-state index in [1.165, 1.54) is 12.8 Å². The molecule has 3 nitrogen and oxygen atoms in total.